The van der Waals surface area contributed by atoms with Gasteiger partial charge < -0.3 is 14.6 Å². The molecule has 0 fully saturated rings. The molecule has 23 heavy (non-hydrogen) atoms. The standard InChI is InChI=1S/C19H20O4/c1-3-22-18-6-5-7-19(23-4-2)16(18)12-13-17(21)14-8-10-15(20)11-9-14/h5-13,20H,3-4H2,1-2H3. The lowest BCUT2D eigenvalue weighted by atomic mass is 10.1. The zero-order valence-electron chi connectivity index (χ0n) is 13.3. The molecule has 0 saturated carbocycles. The van der Waals surface area contributed by atoms with Crippen LogP contribution in [0.5, 0.6) is 17.2 Å². The van der Waals surface area contributed by atoms with Crippen LogP contribution < -0.4 is 9.47 Å². The van der Waals surface area contributed by atoms with E-state index in [1.54, 1.807) is 18.2 Å². The third kappa shape index (κ3) is 4.36. The van der Waals surface area contributed by atoms with Gasteiger partial charge in [0, 0.05) is 5.56 Å². The molecule has 0 heterocycles. The fourth-order valence-electron chi connectivity index (χ4n) is 2.13. The molecule has 0 atom stereocenters. The molecule has 0 aliphatic heterocycles. The maximum Gasteiger partial charge on any atom is 0.185 e. The largest absolute Gasteiger partial charge is 0.508 e. The average molecular weight is 312 g/mol. The molecule has 0 radical (unpaired) electrons. The van der Waals surface area contributed by atoms with Crippen molar-refractivity contribution in [1.29, 1.82) is 0 Å². The molecular weight excluding hydrogens is 292 g/mol. The molecule has 2 aromatic rings. The molecule has 4 heteroatoms. The first kappa shape index (κ1) is 16.6. The number of benzene rings is 2. The second-order valence-electron chi connectivity index (χ2n) is 4.78. The lowest BCUT2D eigenvalue weighted by Crippen LogP contribution is -1.99. The van der Waals surface area contributed by atoms with Crippen molar-refractivity contribution < 1.29 is 19.4 Å². The molecule has 2 rings (SSSR count). The fourth-order valence-corrected chi connectivity index (χ4v) is 2.13. The summed E-state index contributed by atoms with van der Waals surface area (Å²) in [7, 11) is 0. The second kappa shape index (κ2) is 8.03. The van der Waals surface area contributed by atoms with Gasteiger partial charge in [-0.05, 0) is 62.4 Å². The first-order valence-corrected chi connectivity index (χ1v) is 7.55. The Morgan fingerprint density at radius 1 is 1.00 bits per heavy atom. The Bertz CT molecular complexity index is 663. The number of rotatable bonds is 7. The Morgan fingerprint density at radius 3 is 2.09 bits per heavy atom. The first-order chi connectivity index (χ1) is 11.2. The van der Waals surface area contributed by atoms with Crippen molar-refractivity contribution in [2.24, 2.45) is 0 Å². The van der Waals surface area contributed by atoms with Gasteiger partial charge in [0.1, 0.15) is 17.2 Å². The summed E-state index contributed by atoms with van der Waals surface area (Å²) in [5, 5.41) is 9.27. The Labute approximate surface area is 136 Å². The van der Waals surface area contributed by atoms with E-state index in [0.717, 1.165) is 5.56 Å². The van der Waals surface area contributed by atoms with E-state index in [1.165, 1.54) is 18.2 Å². The van der Waals surface area contributed by atoms with Crippen molar-refractivity contribution in [3.05, 3.63) is 59.7 Å². The van der Waals surface area contributed by atoms with E-state index in [9.17, 15) is 9.90 Å². The van der Waals surface area contributed by atoms with E-state index in [2.05, 4.69) is 0 Å². The van der Waals surface area contributed by atoms with Crippen LogP contribution in [-0.4, -0.2) is 24.1 Å². The number of ether oxygens (including phenoxy) is 2. The minimum Gasteiger partial charge on any atom is -0.508 e. The summed E-state index contributed by atoms with van der Waals surface area (Å²) in [6, 6.07) is 11.7. The second-order valence-corrected chi connectivity index (χ2v) is 4.78. The number of allylic oxidation sites excluding steroid dienone is 1. The van der Waals surface area contributed by atoms with Gasteiger partial charge in [-0.1, -0.05) is 6.07 Å². The maximum absolute atomic E-state index is 12.2. The molecule has 120 valence electrons. The Morgan fingerprint density at radius 2 is 1.57 bits per heavy atom. The Hall–Kier alpha value is -2.75. The number of hydrogen-bond acceptors (Lipinski definition) is 4. The highest BCUT2D eigenvalue weighted by Crippen LogP contribution is 2.30. The van der Waals surface area contributed by atoms with Gasteiger partial charge in [0.2, 0.25) is 0 Å². The lowest BCUT2D eigenvalue weighted by Gasteiger charge is -2.12. The van der Waals surface area contributed by atoms with Crippen LogP contribution in [0.4, 0.5) is 0 Å². The molecule has 0 bridgehead atoms. The quantitative estimate of drug-likeness (QED) is 0.618. The van der Waals surface area contributed by atoms with Crippen LogP contribution >= 0.6 is 0 Å². The number of aromatic hydroxyl groups is 1. The third-order valence-electron chi connectivity index (χ3n) is 3.18. The highest BCUT2D eigenvalue weighted by Gasteiger charge is 2.09. The zero-order valence-corrected chi connectivity index (χ0v) is 13.3. The predicted molar refractivity (Wildman–Crippen MR) is 90.3 cm³/mol. The third-order valence-corrected chi connectivity index (χ3v) is 3.18. The number of hydrogen-bond donors (Lipinski definition) is 1. The van der Waals surface area contributed by atoms with E-state index in [1.807, 2.05) is 32.0 Å². The smallest absolute Gasteiger partial charge is 0.185 e. The molecule has 0 aliphatic rings. The fraction of sp³-hybridized carbons (Fsp3) is 0.211. The van der Waals surface area contributed by atoms with Crippen molar-refractivity contribution in [1.82, 2.24) is 0 Å². The molecule has 0 unspecified atom stereocenters. The SMILES string of the molecule is CCOc1cccc(OCC)c1C=CC(=O)c1ccc(O)cc1. The van der Waals surface area contributed by atoms with Gasteiger partial charge in [-0.3, -0.25) is 4.79 Å². The van der Waals surface area contributed by atoms with Crippen LogP contribution in [0.15, 0.2) is 48.5 Å². The van der Waals surface area contributed by atoms with Crippen molar-refractivity contribution in [2.75, 3.05) is 13.2 Å². The van der Waals surface area contributed by atoms with E-state index in [-0.39, 0.29) is 11.5 Å². The van der Waals surface area contributed by atoms with Gasteiger partial charge in [0.15, 0.2) is 5.78 Å². The first-order valence-electron chi connectivity index (χ1n) is 7.55. The zero-order chi connectivity index (χ0) is 16.7. The van der Waals surface area contributed by atoms with E-state index >= 15 is 0 Å². The van der Waals surface area contributed by atoms with Gasteiger partial charge in [-0.15, -0.1) is 0 Å². The van der Waals surface area contributed by atoms with Gasteiger partial charge in [0.05, 0.1) is 18.8 Å². The minimum atomic E-state index is -0.154. The van der Waals surface area contributed by atoms with Gasteiger partial charge >= 0.3 is 0 Å². The number of phenolic OH excluding ortho intramolecular Hbond substituents is 1. The highest BCUT2D eigenvalue weighted by atomic mass is 16.5. The van der Waals surface area contributed by atoms with Crippen molar-refractivity contribution in [3.63, 3.8) is 0 Å². The summed E-state index contributed by atoms with van der Waals surface area (Å²) in [5.74, 6) is 1.33. The molecule has 1 N–H and O–H groups in total. The van der Waals surface area contributed by atoms with Crippen LogP contribution in [0, 0.1) is 0 Å². The Balaban J connectivity index is 2.29. The molecule has 2 aromatic carbocycles. The Kier molecular flexibility index (Phi) is 5.80. The van der Waals surface area contributed by atoms with Crippen LogP contribution in [0.25, 0.3) is 6.08 Å². The van der Waals surface area contributed by atoms with Gasteiger partial charge in [-0.2, -0.15) is 0 Å². The summed E-state index contributed by atoms with van der Waals surface area (Å²) in [6.45, 7) is 4.87. The van der Waals surface area contributed by atoms with E-state index in [0.29, 0.717) is 30.3 Å². The number of phenols is 1. The summed E-state index contributed by atoms with van der Waals surface area (Å²) in [5.41, 5.74) is 1.24. The topological polar surface area (TPSA) is 55.8 Å². The minimum absolute atomic E-state index is 0.130. The van der Waals surface area contributed by atoms with Crippen LogP contribution in [-0.2, 0) is 0 Å². The molecule has 0 aliphatic carbocycles. The van der Waals surface area contributed by atoms with Crippen molar-refractivity contribution >= 4 is 11.9 Å². The van der Waals surface area contributed by atoms with E-state index < -0.39 is 0 Å². The number of ketones is 1. The van der Waals surface area contributed by atoms with Crippen molar-refractivity contribution in [2.45, 2.75) is 13.8 Å². The summed E-state index contributed by atoms with van der Waals surface area (Å²) >= 11 is 0. The normalized spacial score (nSPS) is 10.7. The van der Waals surface area contributed by atoms with E-state index in [4.69, 9.17) is 9.47 Å². The predicted octanol–water partition coefficient (Wildman–Crippen LogP) is 4.09. The number of carbonyl (C=O) groups excluding carboxylic acids is 1. The average Bonchev–Trinajstić information content (AvgIpc) is 2.55. The van der Waals surface area contributed by atoms with Crippen LogP contribution in [0.3, 0.4) is 0 Å². The summed E-state index contributed by atoms with van der Waals surface area (Å²) < 4.78 is 11.2. The van der Waals surface area contributed by atoms with Gasteiger partial charge in [0.25, 0.3) is 0 Å². The summed E-state index contributed by atoms with van der Waals surface area (Å²) in [6.07, 6.45) is 3.18. The monoisotopic (exact) mass is 312 g/mol. The maximum atomic E-state index is 12.2. The highest BCUT2D eigenvalue weighted by molar-refractivity contribution is 6.07. The molecule has 0 aromatic heterocycles. The van der Waals surface area contributed by atoms with Crippen LogP contribution in [0.2, 0.25) is 0 Å². The summed E-state index contributed by atoms with van der Waals surface area (Å²) in [4.78, 5) is 12.2. The van der Waals surface area contributed by atoms with Crippen molar-refractivity contribution in [3.8, 4) is 17.2 Å². The molecule has 0 spiro atoms. The lowest BCUT2D eigenvalue weighted by molar-refractivity contribution is 0.104. The molecule has 4 nitrogen and oxygen atoms in total. The number of carbonyl (C=O) groups is 1. The van der Waals surface area contributed by atoms with Gasteiger partial charge in [-0.25, -0.2) is 0 Å². The molecular formula is C19H20O4. The van der Waals surface area contributed by atoms with Crippen LogP contribution in [0.1, 0.15) is 29.8 Å². The molecule has 0 amide bonds. The molecule has 0 saturated heterocycles.